The van der Waals surface area contributed by atoms with E-state index in [1.165, 1.54) is 4.90 Å². The Morgan fingerprint density at radius 3 is 2.65 bits per heavy atom. The number of nitrogens with one attached hydrogen (secondary N) is 1. The van der Waals surface area contributed by atoms with Gasteiger partial charge in [-0.2, -0.15) is 0 Å². The number of hydrogen-bond acceptors (Lipinski definition) is 5. The second-order valence-corrected chi connectivity index (χ2v) is 6.70. The number of carboxylic acids is 1. The highest BCUT2D eigenvalue weighted by Crippen LogP contribution is 2.19. The summed E-state index contributed by atoms with van der Waals surface area (Å²) in [5.41, 5.74) is 6.21. The van der Waals surface area contributed by atoms with Crippen LogP contribution in [-0.2, 0) is 11.3 Å². The van der Waals surface area contributed by atoms with E-state index in [-0.39, 0.29) is 0 Å². The van der Waals surface area contributed by atoms with Gasteiger partial charge in [-0.05, 0) is 25.8 Å². The molecule has 130 valence electrons. The number of aliphatic carboxylic acids is 1. The number of carboxylic acid groups (broad SMARTS) is 1. The number of thiazole rings is 1. The Labute approximate surface area is 140 Å². The van der Waals surface area contributed by atoms with Gasteiger partial charge in [0, 0.05) is 18.3 Å². The summed E-state index contributed by atoms with van der Waals surface area (Å²) in [4.78, 5) is 29.3. The minimum atomic E-state index is -1.03. The van der Waals surface area contributed by atoms with E-state index in [1.54, 1.807) is 18.4 Å². The van der Waals surface area contributed by atoms with Gasteiger partial charge in [0.05, 0.1) is 17.2 Å². The zero-order chi connectivity index (χ0) is 17.4. The molecule has 1 rings (SSSR count). The molecule has 1 unspecified atom stereocenters. The lowest BCUT2D eigenvalue weighted by molar-refractivity contribution is -0.139. The van der Waals surface area contributed by atoms with E-state index in [9.17, 15) is 14.7 Å². The first-order chi connectivity index (χ1) is 10.8. The number of hydrogen-bond donors (Lipinski definition) is 3. The van der Waals surface area contributed by atoms with Crippen molar-refractivity contribution in [2.24, 2.45) is 5.73 Å². The molecule has 0 radical (unpaired) electrons. The minimum Gasteiger partial charge on any atom is -0.480 e. The molecule has 0 aliphatic rings. The lowest BCUT2D eigenvalue weighted by Crippen LogP contribution is -2.46. The van der Waals surface area contributed by atoms with Crippen LogP contribution in [0.4, 0.5) is 4.79 Å². The third kappa shape index (κ3) is 6.54. The number of nitrogens with zero attached hydrogens (tertiary/aromatic N) is 2. The van der Waals surface area contributed by atoms with Crippen molar-refractivity contribution >= 4 is 23.3 Å². The largest absolute Gasteiger partial charge is 0.480 e. The summed E-state index contributed by atoms with van der Waals surface area (Å²) in [5.74, 6) is -0.675. The molecule has 0 saturated heterocycles. The van der Waals surface area contributed by atoms with Crippen LogP contribution < -0.4 is 11.1 Å². The van der Waals surface area contributed by atoms with Crippen molar-refractivity contribution in [3.05, 3.63) is 16.1 Å². The third-order valence-electron chi connectivity index (χ3n) is 3.35. The second-order valence-electron chi connectivity index (χ2n) is 5.81. The zero-order valence-electron chi connectivity index (χ0n) is 13.9. The predicted molar refractivity (Wildman–Crippen MR) is 90.5 cm³/mol. The van der Waals surface area contributed by atoms with Crippen LogP contribution in [0.15, 0.2) is 5.38 Å². The fourth-order valence-corrected chi connectivity index (χ4v) is 2.81. The normalized spacial score (nSPS) is 12.2. The highest BCUT2D eigenvalue weighted by Gasteiger charge is 2.21. The number of carbonyl (C=O) groups is 2. The van der Waals surface area contributed by atoms with Crippen LogP contribution in [0.2, 0.25) is 0 Å². The van der Waals surface area contributed by atoms with E-state index >= 15 is 0 Å². The van der Waals surface area contributed by atoms with Crippen molar-refractivity contribution < 1.29 is 14.7 Å². The van der Waals surface area contributed by atoms with Crippen molar-refractivity contribution in [3.8, 4) is 0 Å². The SMILES string of the molecule is CC(C)c1nc(CN(C)C(=O)NC(CCCCN)C(=O)O)cs1. The lowest BCUT2D eigenvalue weighted by Gasteiger charge is -2.20. The summed E-state index contributed by atoms with van der Waals surface area (Å²) in [6.07, 6.45) is 1.79. The van der Waals surface area contributed by atoms with Gasteiger partial charge in [0.25, 0.3) is 0 Å². The van der Waals surface area contributed by atoms with Crippen molar-refractivity contribution in [2.45, 2.75) is 51.6 Å². The van der Waals surface area contributed by atoms with Gasteiger partial charge in [0.2, 0.25) is 0 Å². The molecule has 2 amide bonds. The van der Waals surface area contributed by atoms with Crippen LogP contribution in [0.5, 0.6) is 0 Å². The predicted octanol–water partition coefficient (Wildman–Crippen LogP) is 1.99. The second kappa shape index (κ2) is 9.46. The molecule has 0 saturated carbocycles. The summed E-state index contributed by atoms with van der Waals surface area (Å²) in [5, 5.41) is 14.7. The lowest BCUT2D eigenvalue weighted by atomic mass is 10.1. The molecule has 0 fully saturated rings. The molecule has 1 atom stereocenters. The van der Waals surface area contributed by atoms with E-state index < -0.39 is 18.0 Å². The average Bonchev–Trinajstić information content (AvgIpc) is 2.94. The van der Waals surface area contributed by atoms with Gasteiger partial charge in [-0.15, -0.1) is 11.3 Å². The Hall–Kier alpha value is -1.67. The first kappa shape index (κ1) is 19.4. The zero-order valence-corrected chi connectivity index (χ0v) is 14.7. The summed E-state index contributed by atoms with van der Waals surface area (Å²) >= 11 is 1.57. The Morgan fingerprint density at radius 1 is 1.43 bits per heavy atom. The molecular weight excluding hydrogens is 316 g/mol. The van der Waals surface area contributed by atoms with E-state index in [2.05, 4.69) is 24.1 Å². The first-order valence-electron chi connectivity index (χ1n) is 7.74. The molecule has 0 bridgehead atoms. The fraction of sp³-hybridized carbons (Fsp3) is 0.667. The molecule has 0 aromatic carbocycles. The minimum absolute atomic E-state index is 0.351. The van der Waals surface area contributed by atoms with Gasteiger partial charge in [-0.3, -0.25) is 0 Å². The number of rotatable bonds is 9. The Bertz CT molecular complexity index is 519. The monoisotopic (exact) mass is 342 g/mol. The molecular formula is C15H26N4O3S. The van der Waals surface area contributed by atoms with Gasteiger partial charge in [-0.25, -0.2) is 14.6 Å². The van der Waals surface area contributed by atoms with Crippen molar-refractivity contribution in [3.63, 3.8) is 0 Å². The smallest absolute Gasteiger partial charge is 0.326 e. The van der Waals surface area contributed by atoms with Crippen LogP contribution in [0.1, 0.15) is 49.7 Å². The van der Waals surface area contributed by atoms with Gasteiger partial charge in [-0.1, -0.05) is 13.8 Å². The average molecular weight is 342 g/mol. The van der Waals surface area contributed by atoms with Crippen LogP contribution in [0, 0.1) is 0 Å². The van der Waals surface area contributed by atoms with E-state index in [1.807, 2.05) is 5.38 Å². The highest BCUT2D eigenvalue weighted by molar-refractivity contribution is 7.09. The van der Waals surface area contributed by atoms with Crippen LogP contribution in [0.25, 0.3) is 0 Å². The van der Waals surface area contributed by atoms with E-state index in [0.29, 0.717) is 31.8 Å². The number of amides is 2. The molecule has 8 heteroatoms. The maximum Gasteiger partial charge on any atom is 0.326 e. The summed E-state index contributed by atoms with van der Waals surface area (Å²) in [7, 11) is 1.63. The number of aromatic nitrogens is 1. The molecule has 1 aromatic heterocycles. The number of carbonyl (C=O) groups excluding carboxylic acids is 1. The standard InChI is InChI=1S/C15H26N4O3S/c1-10(2)13-17-11(9-23-13)8-19(3)15(22)18-12(14(20)21)6-4-5-7-16/h9-10,12H,4-8,16H2,1-3H3,(H,18,22)(H,20,21). The van der Waals surface area contributed by atoms with Gasteiger partial charge in [0.15, 0.2) is 0 Å². The van der Waals surface area contributed by atoms with Gasteiger partial charge in [0.1, 0.15) is 6.04 Å². The number of urea groups is 1. The van der Waals surface area contributed by atoms with Crippen molar-refractivity contribution in [1.82, 2.24) is 15.2 Å². The third-order valence-corrected chi connectivity index (χ3v) is 4.55. The van der Waals surface area contributed by atoms with Crippen LogP contribution in [-0.4, -0.2) is 46.6 Å². The molecule has 0 spiro atoms. The molecule has 4 N–H and O–H groups in total. The number of unbranched alkanes of at least 4 members (excludes halogenated alkanes) is 1. The highest BCUT2D eigenvalue weighted by atomic mass is 32.1. The van der Waals surface area contributed by atoms with Gasteiger partial charge < -0.3 is 21.1 Å². The van der Waals surface area contributed by atoms with Crippen molar-refractivity contribution in [1.29, 1.82) is 0 Å². The van der Waals surface area contributed by atoms with E-state index in [4.69, 9.17) is 5.73 Å². The maximum atomic E-state index is 12.1. The first-order valence-corrected chi connectivity index (χ1v) is 8.62. The summed E-state index contributed by atoms with van der Waals surface area (Å²) in [6.45, 7) is 5.00. The van der Waals surface area contributed by atoms with Crippen LogP contribution in [0.3, 0.4) is 0 Å². The van der Waals surface area contributed by atoms with Crippen LogP contribution >= 0.6 is 11.3 Å². The molecule has 1 heterocycles. The topological polar surface area (TPSA) is 109 Å². The van der Waals surface area contributed by atoms with Crippen molar-refractivity contribution in [2.75, 3.05) is 13.6 Å². The Morgan fingerprint density at radius 2 is 2.13 bits per heavy atom. The summed E-state index contributed by atoms with van der Waals surface area (Å²) < 4.78 is 0. The molecule has 7 nitrogen and oxygen atoms in total. The quantitative estimate of drug-likeness (QED) is 0.595. The fourth-order valence-electron chi connectivity index (χ4n) is 1.98. The molecule has 0 aliphatic carbocycles. The molecule has 1 aromatic rings. The maximum absolute atomic E-state index is 12.1. The molecule has 0 aliphatic heterocycles. The van der Waals surface area contributed by atoms with Gasteiger partial charge >= 0.3 is 12.0 Å². The Kier molecular flexibility index (Phi) is 7.97. The number of nitrogens with two attached hydrogens (primary N) is 1. The summed E-state index contributed by atoms with van der Waals surface area (Å²) in [6, 6.07) is -1.30. The molecule has 23 heavy (non-hydrogen) atoms. The van der Waals surface area contributed by atoms with E-state index in [0.717, 1.165) is 17.1 Å². The Balaban J connectivity index is 2.54.